The van der Waals surface area contributed by atoms with E-state index < -0.39 is 0 Å². The second-order valence-corrected chi connectivity index (χ2v) is 5.94. The van der Waals surface area contributed by atoms with Crippen molar-refractivity contribution in [3.8, 4) is 5.75 Å². The average molecular weight is 277 g/mol. The number of aryl methyl sites for hydroxylation is 1. The van der Waals surface area contributed by atoms with E-state index in [0.717, 1.165) is 25.4 Å². The van der Waals surface area contributed by atoms with Crippen LogP contribution in [0.2, 0.25) is 0 Å². The first-order chi connectivity index (χ1) is 9.72. The summed E-state index contributed by atoms with van der Waals surface area (Å²) in [6.07, 6.45) is 2.47. The average Bonchev–Trinajstić information content (AvgIpc) is 2.87. The summed E-state index contributed by atoms with van der Waals surface area (Å²) in [4.78, 5) is 2.47. The maximum absolute atomic E-state index is 9.53. The zero-order valence-electron chi connectivity index (χ0n) is 12.7. The number of nitrogens with zero attached hydrogens (tertiary/aromatic N) is 1. The molecule has 0 aromatic heterocycles. The molecule has 1 heterocycles. The van der Waals surface area contributed by atoms with Crippen molar-refractivity contribution in [2.75, 3.05) is 32.8 Å². The van der Waals surface area contributed by atoms with Crippen molar-refractivity contribution in [3.63, 3.8) is 0 Å². The second-order valence-electron chi connectivity index (χ2n) is 5.94. The smallest absolute Gasteiger partial charge is 0.119 e. The lowest BCUT2D eigenvalue weighted by Gasteiger charge is -2.17. The van der Waals surface area contributed by atoms with Crippen molar-refractivity contribution < 1.29 is 9.84 Å². The van der Waals surface area contributed by atoms with Crippen LogP contribution in [0.5, 0.6) is 5.75 Å². The van der Waals surface area contributed by atoms with Crippen molar-refractivity contribution in [1.29, 1.82) is 0 Å². The summed E-state index contributed by atoms with van der Waals surface area (Å²) in [6, 6.07) is 8.18. The minimum Gasteiger partial charge on any atom is -0.493 e. The normalized spacial score (nSPS) is 23.1. The standard InChI is InChI=1S/C17H27NO2/c1-3-4-9-18-10-15(12-19)16(11-18)13-20-17-7-5-14(2)6-8-17/h5-8,15-16,19H,3-4,9-13H2,1-2H3. The molecule has 3 heteroatoms. The van der Waals surface area contributed by atoms with Gasteiger partial charge < -0.3 is 14.7 Å². The first-order valence-electron chi connectivity index (χ1n) is 7.75. The molecule has 1 aromatic carbocycles. The minimum absolute atomic E-state index is 0.268. The van der Waals surface area contributed by atoms with Gasteiger partial charge in [0, 0.05) is 31.5 Å². The van der Waals surface area contributed by atoms with E-state index in [1.807, 2.05) is 12.1 Å². The third kappa shape index (κ3) is 4.22. The van der Waals surface area contributed by atoms with Crippen LogP contribution in [0, 0.1) is 18.8 Å². The van der Waals surface area contributed by atoms with Gasteiger partial charge in [-0.2, -0.15) is 0 Å². The zero-order chi connectivity index (χ0) is 14.4. The van der Waals surface area contributed by atoms with Crippen LogP contribution >= 0.6 is 0 Å². The molecule has 112 valence electrons. The molecule has 2 atom stereocenters. The Morgan fingerprint density at radius 1 is 1.20 bits per heavy atom. The van der Waals surface area contributed by atoms with Gasteiger partial charge in [0.2, 0.25) is 0 Å². The van der Waals surface area contributed by atoms with Crippen LogP contribution in [0.25, 0.3) is 0 Å². The molecular formula is C17H27NO2. The molecule has 1 saturated heterocycles. The van der Waals surface area contributed by atoms with Crippen molar-refractivity contribution in [2.45, 2.75) is 26.7 Å². The van der Waals surface area contributed by atoms with Crippen LogP contribution in [0.3, 0.4) is 0 Å². The van der Waals surface area contributed by atoms with E-state index >= 15 is 0 Å². The van der Waals surface area contributed by atoms with E-state index in [9.17, 15) is 5.11 Å². The van der Waals surface area contributed by atoms with Crippen LogP contribution in [-0.2, 0) is 0 Å². The molecule has 1 fully saturated rings. The van der Waals surface area contributed by atoms with Gasteiger partial charge in [-0.05, 0) is 32.0 Å². The number of aliphatic hydroxyl groups is 1. The quantitative estimate of drug-likeness (QED) is 0.832. The highest BCUT2D eigenvalue weighted by atomic mass is 16.5. The number of unbranched alkanes of at least 4 members (excludes halogenated alkanes) is 1. The SMILES string of the molecule is CCCCN1CC(CO)C(COc2ccc(C)cc2)C1. The summed E-state index contributed by atoms with van der Waals surface area (Å²) in [7, 11) is 0. The van der Waals surface area contributed by atoms with E-state index in [-0.39, 0.29) is 6.61 Å². The van der Waals surface area contributed by atoms with Gasteiger partial charge in [0.1, 0.15) is 5.75 Å². The van der Waals surface area contributed by atoms with Gasteiger partial charge in [-0.15, -0.1) is 0 Å². The Morgan fingerprint density at radius 2 is 1.90 bits per heavy atom. The Balaban J connectivity index is 1.83. The predicted octanol–water partition coefficient (Wildman–Crippen LogP) is 2.71. The van der Waals surface area contributed by atoms with Crippen molar-refractivity contribution >= 4 is 0 Å². The molecule has 1 aliphatic heterocycles. The lowest BCUT2D eigenvalue weighted by Crippen LogP contribution is -2.23. The van der Waals surface area contributed by atoms with Gasteiger partial charge >= 0.3 is 0 Å². The molecule has 0 spiro atoms. The fourth-order valence-electron chi connectivity index (χ4n) is 2.83. The summed E-state index contributed by atoms with van der Waals surface area (Å²) in [6.45, 7) is 8.48. The van der Waals surface area contributed by atoms with Gasteiger partial charge in [0.25, 0.3) is 0 Å². The van der Waals surface area contributed by atoms with Gasteiger partial charge in [0.15, 0.2) is 0 Å². The fourth-order valence-corrected chi connectivity index (χ4v) is 2.83. The number of aliphatic hydroxyl groups excluding tert-OH is 1. The van der Waals surface area contributed by atoms with Crippen LogP contribution in [-0.4, -0.2) is 42.9 Å². The van der Waals surface area contributed by atoms with Crippen molar-refractivity contribution in [3.05, 3.63) is 29.8 Å². The summed E-state index contributed by atoms with van der Waals surface area (Å²) < 4.78 is 5.89. The predicted molar refractivity (Wildman–Crippen MR) is 82.1 cm³/mol. The Hall–Kier alpha value is -1.06. The van der Waals surface area contributed by atoms with E-state index in [0.29, 0.717) is 18.4 Å². The Morgan fingerprint density at radius 3 is 2.55 bits per heavy atom. The molecule has 0 aliphatic carbocycles. The summed E-state index contributed by atoms with van der Waals surface area (Å²) in [5, 5.41) is 9.53. The molecule has 2 rings (SSSR count). The number of benzene rings is 1. The topological polar surface area (TPSA) is 32.7 Å². The van der Waals surface area contributed by atoms with E-state index in [1.165, 1.54) is 18.4 Å². The summed E-state index contributed by atoms with van der Waals surface area (Å²) in [5.74, 6) is 1.73. The largest absolute Gasteiger partial charge is 0.493 e. The maximum Gasteiger partial charge on any atom is 0.119 e. The highest BCUT2D eigenvalue weighted by Gasteiger charge is 2.32. The summed E-state index contributed by atoms with van der Waals surface area (Å²) >= 11 is 0. The lowest BCUT2D eigenvalue weighted by atomic mass is 9.98. The first kappa shape index (κ1) is 15.3. The molecule has 0 saturated carbocycles. The molecule has 0 amide bonds. The number of hydrogen-bond acceptors (Lipinski definition) is 3. The fraction of sp³-hybridized carbons (Fsp3) is 0.647. The van der Waals surface area contributed by atoms with Crippen molar-refractivity contribution in [2.24, 2.45) is 11.8 Å². The van der Waals surface area contributed by atoms with E-state index in [2.05, 4.69) is 30.9 Å². The Kier molecular flexibility index (Phi) is 5.86. The monoisotopic (exact) mass is 277 g/mol. The van der Waals surface area contributed by atoms with Gasteiger partial charge in [-0.1, -0.05) is 31.0 Å². The first-order valence-corrected chi connectivity index (χ1v) is 7.75. The number of likely N-dealkylation sites (tertiary alicyclic amines) is 1. The Bertz CT molecular complexity index is 390. The number of hydrogen-bond donors (Lipinski definition) is 1. The van der Waals surface area contributed by atoms with Gasteiger partial charge in [0.05, 0.1) is 6.61 Å². The molecule has 0 bridgehead atoms. The van der Waals surface area contributed by atoms with Gasteiger partial charge in [-0.3, -0.25) is 0 Å². The number of rotatable bonds is 7. The number of ether oxygens (including phenoxy) is 1. The zero-order valence-corrected chi connectivity index (χ0v) is 12.7. The highest BCUT2D eigenvalue weighted by Crippen LogP contribution is 2.24. The molecule has 0 radical (unpaired) electrons. The highest BCUT2D eigenvalue weighted by molar-refractivity contribution is 5.26. The maximum atomic E-state index is 9.53. The minimum atomic E-state index is 0.268. The van der Waals surface area contributed by atoms with Crippen LogP contribution in [0.4, 0.5) is 0 Å². The second kappa shape index (κ2) is 7.65. The third-order valence-electron chi connectivity index (χ3n) is 4.20. The molecule has 3 nitrogen and oxygen atoms in total. The molecule has 2 unspecified atom stereocenters. The Labute approximate surface area is 122 Å². The lowest BCUT2D eigenvalue weighted by molar-refractivity contribution is 0.162. The van der Waals surface area contributed by atoms with E-state index in [4.69, 9.17) is 4.74 Å². The molecule has 1 aromatic rings. The van der Waals surface area contributed by atoms with Crippen LogP contribution in [0.15, 0.2) is 24.3 Å². The van der Waals surface area contributed by atoms with E-state index in [1.54, 1.807) is 0 Å². The van der Waals surface area contributed by atoms with Crippen molar-refractivity contribution in [1.82, 2.24) is 4.90 Å². The third-order valence-corrected chi connectivity index (χ3v) is 4.20. The molecule has 1 aliphatic rings. The summed E-state index contributed by atoms with van der Waals surface area (Å²) in [5.41, 5.74) is 1.25. The van der Waals surface area contributed by atoms with Crippen LogP contribution < -0.4 is 4.74 Å². The molecule has 20 heavy (non-hydrogen) atoms. The van der Waals surface area contributed by atoms with Crippen LogP contribution in [0.1, 0.15) is 25.3 Å². The van der Waals surface area contributed by atoms with Gasteiger partial charge in [-0.25, -0.2) is 0 Å². The molecular weight excluding hydrogens is 250 g/mol. The molecule has 1 N–H and O–H groups in total.